The molecule has 0 spiro atoms. The van der Waals surface area contributed by atoms with Crippen molar-refractivity contribution >= 4 is 8.32 Å². The van der Waals surface area contributed by atoms with Crippen LogP contribution in [0.1, 0.15) is 53.9 Å². The van der Waals surface area contributed by atoms with Gasteiger partial charge in [0.15, 0.2) is 14.1 Å². The molecule has 0 saturated carbocycles. The molecule has 0 fully saturated rings. The van der Waals surface area contributed by atoms with E-state index in [2.05, 4.69) is 40.4 Å². The molecule has 4 heteroatoms. The number of methoxy groups -OCH3 is 1. The van der Waals surface area contributed by atoms with Crippen LogP contribution in [0.15, 0.2) is 12.2 Å². The second kappa shape index (κ2) is 8.46. The van der Waals surface area contributed by atoms with Crippen molar-refractivity contribution in [2.24, 2.45) is 0 Å². The maximum Gasteiger partial charge on any atom is 0.192 e. The average Bonchev–Trinajstić information content (AvgIpc) is 2.34. The lowest BCUT2D eigenvalue weighted by atomic mass is 10.1. The minimum Gasteiger partial charge on any atom is -0.413 e. The van der Waals surface area contributed by atoms with Gasteiger partial charge in [0.25, 0.3) is 0 Å². The molecule has 0 saturated heterocycles. The van der Waals surface area contributed by atoms with Gasteiger partial charge in [-0.3, -0.25) is 0 Å². The lowest BCUT2D eigenvalue weighted by Crippen LogP contribution is -2.41. The molecule has 3 nitrogen and oxygen atoms in total. The van der Waals surface area contributed by atoms with Crippen molar-refractivity contribution in [2.75, 3.05) is 20.3 Å². The van der Waals surface area contributed by atoms with Gasteiger partial charge in [-0.25, -0.2) is 0 Å². The van der Waals surface area contributed by atoms with Crippen LogP contribution in [-0.2, 0) is 13.9 Å². The van der Waals surface area contributed by atoms with Gasteiger partial charge >= 0.3 is 0 Å². The van der Waals surface area contributed by atoms with E-state index in [9.17, 15) is 0 Å². The van der Waals surface area contributed by atoms with E-state index >= 15 is 0 Å². The summed E-state index contributed by atoms with van der Waals surface area (Å²) in [6.45, 7) is 20.7. The SMILES string of the molecule is C=C(CCCCOC(C)(C)OC)CO[Si](C)(C)C(C)(C)C. The largest absolute Gasteiger partial charge is 0.413 e. The first-order valence-electron chi connectivity index (χ1n) is 7.91. The second-order valence-electron chi connectivity index (χ2n) is 7.71. The first-order chi connectivity index (χ1) is 9.41. The Morgan fingerprint density at radius 1 is 1.05 bits per heavy atom. The van der Waals surface area contributed by atoms with Gasteiger partial charge in [0.05, 0.1) is 13.2 Å². The molecule has 0 bridgehead atoms. The molecule has 0 N–H and O–H groups in total. The third kappa shape index (κ3) is 8.76. The second-order valence-corrected chi connectivity index (χ2v) is 12.5. The van der Waals surface area contributed by atoms with Crippen molar-refractivity contribution < 1.29 is 13.9 Å². The van der Waals surface area contributed by atoms with Gasteiger partial charge in [-0.2, -0.15) is 0 Å². The highest BCUT2D eigenvalue weighted by molar-refractivity contribution is 6.74. The summed E-state index contributed by atoms with van der Waals surface area (Å²) in [6, 6.07) is 0. The average molecular weight is 317 g/mol. The van der Waals surface area contributed by atoms with E-state index in [1.165, 1.54) is 5.57 Å². The van der Waals surface area contributed by atoms with Crippen molar-refractivity contribution in [2.45, 2.75) is 77.8 Å². The topological polar surface area (TPSA) is 27.7 Å². The molecule has 0 aromatic carbocycles. The highest BCUT2D eigenvalue weighted by Crippen LogP contribution is 2.36. The van der Waals surface area contributed by atoms with Crippen LogP contribution in [0.3, 0.4) is 0 Å². The van der Waals surface area contributed by atoms with E-state index in [0.29, 0.717) is 6.61 Å². The summed E-state index contributed by atoms with van der Waals surface area (Å²) in [4.78, 5) is 0. The van der Waals surface area contributed by atoms with Crippen molar-refractivity contribution in [1.82, 2.24) is 0 Å². The standard InChI is InChI=1S/C17H36O3Si/c1-15(14-20-21(8,9)16(2,3)4)12-10-11-13-19-17(5,6)18-7/h1,10-14H2,2-9H3. The molecule has 0 aliphatic carbocycles. The summed E-state index contributed by atoms with van der Waals surface area (Å²) in [7, 11) is 0.0128. The van der Waals surface area contributed by atoms with Crippen molar-refractivity contribution in [3.8, 4) is 0 Å². The monoisotopic (exact) mass is 316 g/mol. The predicted molar refractivity (Wildman–Crippen MR) is 93.2 cm³/mol. The molecule has 0 aliphatic heterocycles. The highest BCUT2D eigenvalue weighted by Gasteiger charge is 2.36. The highest BCUT2D eigenvalue weighted by atomic mass is 28.4. The minimum atomic E-state index is -1.65. The first-order valence-corrected chi connectivity index (χ1v) is 10.8. The summed E-state index contributed by atoms with van der Waals surface area (Å²) < 4.78 is 17.0. The molecule has 126 valence electrons. The molecule has 0 aromatic heterocycles. The minimum absolute atomic E-state index is 0.257. The zero-order valence-electron chi connectivity index (χ0n) is 15.5. The smallest absolute Gasteiger partial charge is 0.192 e. The van der Waals surface area contributed by atoms with E-state index in [0.717, 1.165) is 25.9 Å². The van der Waals surface area contributed by atoms with Crippen LogP contribution in [0.5, 0.6) is 0 Å². The van der Waals surface area contributed by atoms with Gasteiger partial charge in [-0.05, 0) is 51.2 Å². The summed E-state index contributed by atoms with van der Waals surface area (Å²) >= 11 is 0. The molecular formula is C17H36O3Si. The lowest BCUT2D eigenvalue weighted by molar-refractivity contribution is -0.197. The van der Waals surface area contributed by atoms with E-state index in [-0.39, 0.29) is 5.04 Å². The Kier molecular flexibility index (Phi) is 8.40. The molecule has 0 aromatic rings. The molecule has 0 amide bonds. The van der Waals surface area contributed by atoms with E-state index in [4.69, 9.17) is 13.9 Å². The van der Waals surface area contributed by atoms with Gasteiger partial charge in [0.2, 0.25) is 0 Å². The van der Waals surface area contributed by atoms with E-state index < -0.39 is 14.1 Å². The number of ether oxygens (including phenoxy) is 2. The molecular weight excluding hydrogens is 280 g/mol. The maximum atomic E-state index is 6.17. The fourth-order valence-electron chi connectivity index (χ4n) is 1.43. The summed E-state index contributed by atoms with van der Waals surface area (Å²) in [5.74, 6) is -0.484. The fourth-order valence-corrected chi connectivity index (χ4v) is 2.42. The van der Waals surface area contributed by atoms with Crippen LogP contribution in [0.2, 0.25) is 18.1 Å². The van der Waals surface area contributed by atoms with E-state index in [1.54, 1.807) is 7.11 Å². The van der Waals surface area contributed by atoms with Crippen LogP contribution in [0, 0.1) is 0 Å². The Bertz CT molecular complexity index is 316. The summed E-state index contributed by atoms with van der Waals surface area (Å²) in [5.41, 5.74) is 1.19. The summed E-state index contributed by atoms with van der Waals surface area (Å²) in [6.07, 6.45) is 3.11. The van der Waals surface area contributed by atoms with Crippen molar-refractivity contribution in [3.05, 3.63) is 12.2 Å². The molecule has 21 heavy (non-hydrogen) atoms. The first kappa shape index (κ1) is 20.8. The Morgan fingerprint density at radius 3 is 2.10 bits per heavy atom. The fraction of sp³-hybridized carbons (Fsp3) is 0.882. The molecule has 0 unspecified atom stereocenters. The van der Waals surface area contributed by atoms with Gasteiger partial charge < -0.3 is 13.9 Å². The zero-order chi connectivity index (χ0) is 16.7. The summed E-state index contributed by atoms with van der Waals surface area (Å²) in [5, 5.41) is 0.257. The quantitative estimate of drug-likeness (QED) is 0.242. The molecule has 0 rings (SSSR count). The van der Waals surface area contributed by atoms with Crippen molar-refractivity contribution in [3.63, 3.8) is 0 Å². The van der Waals surface area contributed by atoms with Crippen LogP contribution < -0.4 is 0 Å². The predicted octanol–water partition coefficient (Wildman–Crippen LogP) is 5.13. The van der Waals surface area contributed by atoms with E-state index in [1.807, 2.05) is 13.8 Å². The van der Waals surface area contributed by atoms with Gasteiger partial charge in [0.1, 0.15) is 0 Å². The molecule has 0 aliphatic rings. The van der Waals surface area contributed by atoms with Crippen LogP contribution >= 0.6 is 0 Å². The molecule has 0 atom stereocenters. The Morgan fingerprint density at radius 2 is 1.62 bits per heavy atom. The number of rotatable bonds is 10. The third-order valence-corrected chi connectivity index (χ3v) is 8.79. The number of hydrogen-bond donors (Lipinski definition) is 0. The van der Waals surface area contributed by atoms with Gasteiger partial charge in [0, 0.05) is 7.11 Å². The Balaban J connectivity index is 3.83. The Labute approximate surface area is 133 Å². The van der Waals surface area contributed by atoms with Crippen LogP contribution in [-0.4, -0.2) is 34.4 Å². The number of hydrogen-bond acceptors (Lipinski definition) is 3. The van der Waals surface area contributed by atoms with Crippen LogP contribution in [0.25, 0.3) is 0 Å². The molecule has 0 heterocycles. The van der Waals surface area contributed by atoms with Gasteiger partial charge in [-0.15, -0.1) is 0 Å². The maximum absolute atomic E-state index is 6.17. The van der Waals surface area contributed by atoms with Gasteiger partial charge in [-0.1, -0.05) is 32.9 Å². The normalized spacial score (nSPS) is 13.5. The third-order valence-electron chi connectivity index (χ3n) is 4.31. The Hall–Kier alpha value is -0.163. The molecule has 0 radical (unpaired) electrons. The van der Waals surface area contributed by atoms with Crippen molar-refractivity contribution in [1.29, 1.82) is 0 Å². The number of unbranched alkanes of at least 4 members (excludes halogenated alkanes) is 1. The lowest BCUT2D eigenvalue weighted by Gasteiger charge is -2.36. The zero-order valence-corrected chi connectivity index (χ0v) is 16.5. The van der Waals surface area contributed by atoms with Crippen LogP contribution in [0.4, 0.5) is 0 Å².